The standard InChI is InChI=1S/C10H9FN2O2/c1-13-10(15)8(9(14)12-13)6-2-4-7(11)5-3-6/h2-5,15H,1H3,(H,12,14). The molecule has 0 aliphatic heterocycles. The van der Waals surface area contributed by atoms with Crippen molar-refractivity contribution in [1.82, 2.24) is 9.78 Å². The first-order chi connectivity index (χ1) is 7.09. The number of nitrogens with zero attached hydrogens (tertiary/aromatic N) is 1. The molecule has 0 fully saturated rings. The van der Waals surface area contributed by atoms with Gasteiger partial charge >= 0.3 is 0 Å². The Morgan fingerprint density at radius 3 is 2.40 bits per heavy atom. The molecule has 0 spiro atoms. The van der Waals surface area contributed by atoms with Crippen molar-refractivity contribution in [3.63, 3.8) is 0 Å². The lowest BCUT2D eigenvalue weighted by atomic mass is 10.1. The van der Waals surface area contributed by atoms with Crippen LogP contribution in [0.1, 0.15) is 0 Å². The maximum Gasteiger partial charge on any atom is 0.275 e. The molecular formula is C10H9FN2O2. The molecule has 2 aromatic rings. The van der Waals surface area contributed by atoms with Crippen molar-refractivity contribution in [2.24, 2.45) is 7.05 Å². The average Bonchev–Trinajstić information content (AvgIpc) is 2.44. The summed E-state index contributed by atoms with van der Waals surface area (Å²) in [7, 11) is 1.52. The van der Waals surface area contributed by atoms with Crippen molar-refractivity contribution >= 4 is 0 Å². The number of aromatic nitrogens is 2. The normalized spacial score (nSPS) is 10.5. The highest BCUT2D eigenvalue weighted by Gasteiger charge is 2.13. The quantitative estimate of drug-likeness (QED) is 0.740. The van der Waals surface area contributed by atoms with E-state index in [9.17, 15) is 14.3 Å². The minimum Gasteiger partial charge on any atom is -0.493 e. The summed E-state index contributed by atoms with van der Waals surface area (Å²) >= 11 is 0. The molecule has 2 rings (SSSR count). The molecule has 0 saturated heterocycles. The largest absolute Gasteiger partial charge is 0.493 e. The van der Waals surface area contributed by atoms with Gasteiger partial charge in [-0.15, -0.1) is 0 Å². The van der Waals surface area contributed by atoms with Gasteiger partial charge < -0.3 is 5.11 Å². The Labute approximate surface area is 84.6 Å². The Morgan fingerprint density at radius 1 is 1.33 bits per heavy atom. The highest BCUT2D eigenvalue weighted by molar-refractivity contribution is 5.67. The molecule has 0 aliphatic carbocycles. The lowest BCUT2D eigenvalue weighted by molar-refractivity contribution is 0.420. The molecule has 2 N–H and O–H groups in total. The molecule has 15 heavy (non-hydrogen) atoms. The smallest absolute Gasteiger partial charge is 0.275 e. The lowest BCUT2D eigenvalue weighted by Crippen LogP contribution is -2.03. The van der Waals surface area contributed by atoms with E-state index in [0.717, 1.165) is 0 Å². The summed E-state index contributed by atoms with van der Waals surface area (Å²) < 4.78 is 13.9. The predicted octanol–water partition coefficient (Wildman–Crippen LogP) is 1.23. The van der Waals surface area contributed by atoms with Gasteiger partial charge in [0.05, 0.1) is 0 Å². The summed E-state index contributed by atoms with van der Waals surface area (Å²) in [5, 5.41) is 12.0. The van der Waals surface area contributed by atoms with Crippen LogP contribution >= 0.6 is 0 Å². The maximum absolute atomic E-state index is 12.7. The number of aromatic hydroxyl groups is 1. The number of nitrogens with one attached hydrogen (secondary N) is 1. The van der Waals surface area contributed by atoms with Gasteiger partial charge in [0.2, 0.25) is 5.88 Å². The summed E-state index contributed by atoms with van der Waals surface area (Å²) in [4.78, 5) is 11.4. The Morgan fingerprint density at radius 2 is 1.93 bits per heavy atom. The Balaban J connectivity index is 2.64. The van der Waals surface area contributed by atoms with Crippen molar-refractivity contribution in [1.29, 1.82) is 0 Å². The highest BCUT2D eigenvalue weighted by Crippen LogP contribution is 2.24. The van der Waals surface area contributed by atoms with E-state index in [1.165, 1.54) is 36.0 Å². The van der Waals surface area contributed by atoms with Gasteiger partial charge in [-0.2, -0.15) is 0 Å². The summed E-state index contributed by atoms with van der Waals surface area (Å²) in [5.74, 6) is -0.544. The van der Waals surface area contributed by atoms with Crippen LogP contribution in [0.2, 0.25) is 0 Å². The van der Waals surface area contributed by atoms with Gasteiger partial charge in [0.1, 0.15) is 11.4 Å². The molecule has 1 aromatic carbocycles. The molecule has 0 saturated carbocycles. The van der Waals surface area contributed by atoms with Crippen molar-refractivity contribution in [3.05, 3.63) is 40.4 Å². The SMILES string of the molecule is Cn1[nH]c(=O)c(-c2ccc(F)cc2)c1O. The van der Waals surface area contributed by atoms with Crippen LogP contribution < -0.4 is 5.56 Å². The van der Waals surface area contributed by atoms with Crippen LogP contribution in [0.4, 0.5) is 4.39 Å². The summed E-state index contributed by atoms with van der Waals surface area (Å²) in [5.41, 5.74) is 0.231. The number of hydrogen-bond acceptors (Lipinski definition) is 2. The zero-order valence-electron chi connectivity index (χ0n) is 7.99. The first kappa shape index (κ1) is 9.51. The number of aromatic amines is 1. The van der Waals surface area contributed by atoms with E-state index >= 15 is 0 Å². The van der Waals surface area contributed by atoms with Gasteiger partial charge in [-0.05, 0) is 17.7 Å². The minimum absolute atomic E-state index is 0.150. The number of aryl methyl sites for hydroxylation is 1. The number of H-pyrrole nitrogens is 1. The molecule has 0 unspecified atom stereocenters. The van der Waals surface area contributed by atoms with Crippen LogP contribution in [0.25, 0.3) is 11.1 Å². The van der Waals surface area contributed by atoms with Crippen molar-refractivity contribution in [2.45, 2.75) is 0 Å². The minimum atomic E-state index is -0.401. The van der Waals surface area contributed by atoms with Crippen LogP contribution in [-0.2, 0) is 7.05 Å². The first-order valence-corrected chi connectivity index (χ1v) is 4.33. The van der Waals surface area contributed by atoms with E-state index in [1.807, 2.05) is 0 Å². The van der Waals surface area contributed by atoms with E-state index < -0.39 is 5.56 Å². The molecule has 5 heteroatoms. The van der Waals surface area contributed by atoms with Gasteiger partial charge in [-0.3, -0.25) is 14.6 Å². The summed E-state index contributed by atoms with van der Waals surface area (Å²) in [6, 6.07) is 5.36. The topological polar surface area (TPSA) is 58.0 Å². The monoisotopic (exact) mass is 208 g/mol. The van der Waals surface area contributed by atoms with E-state index in [-0.39, 0.29) is 17.3 Å². The van der Waals surface area contributed by atoms with Crippen molar-refractivity contribution in [2.75, 3.05) is 0 Å². The molecule has 78 valence electrons. The predicted molar refractivity (Wildman–Crippen MR) is 53.1 cm³/mol. The fourth-order valence-corrected chi connectivity index (χ4v) is 1.41. The van der Waals surface area contributed by atoms with Crippen LogP contribution in [0.15, 0.2) is 29.1 Å². The van der Waals surface area contributed by atoms with Gasteiger partial charge in [0, 0.05) is 7.05 Å². The molecule has 4 nitrogen and oxygen atoms in total. The lowest BCUT2D eigenvalue weighted by Gasteiger charge is -1.98. The van der Waals surface area contributed by atoms with Crippen LogP contribution in [-0.4, -0.2) is 14.9 Å². The maximum atomic E-state index is 12.7. The van der Waals surface area contributed by atoms with Gasteiger partial charge in [0.25, 0.3) is 5.56 Å². The molecule has 0 bridgehead atoms. The second kappa shape index (κ2) is 3.27. The summed E-state index contributed by atoms with van der Waals surface area (Å²) in [6.07, 6.45) is 0. The van der Waals surface area contributed by atoms with E-state index in [0.29, 0.717) is 5.56 Å². The van der Waals surface area contributed by atoms with Crippen LogP contribution in [0, 0.1) is 5.82 Å². The number of hydrogen-bond donors (Lipinski definition) is 2. The third-order valence-corrected chi connectivity index (χ3v) is 2.17. The molecule has 0 atom stereocenters. The summed E-state index contributed by atoms with van der Waals surface area (Å²) in [6.45, 7) is 0. The van der Waals surface area contributed by atoms with Gasteiger partial charge in [-0.25, -0.2) is 4.39 Å². The Kier molecular flexibility index (Phi) is 2.07. The Bertz CT molecular complexity index is 540. The third-order valence-electron chi connectivity index (χ3n) is 2.17. The van der Waals surface area contributed by atoms with Crippen LogP contribution in [0.3, 0.4) is 0 Å². The van der Waals surface area contributed by atoms with E-state index in [2.05, 4.69) is 5.10 Å². The second-order valence-corrected chi connectivity index (χ2v) is 3.21. The van der Waals surface area contributed by atoms with Crippen molar-refractivity contribution < 1.29 is 9.50 Å². The van der Waals surface area contributed by atoms with Gasteiger partial charge in [0.15, 0.2) is 0 Å². The Hall–Kier alpha value is -2.04. The molecular weight excluding hydrogens is 199 g/mol. The number of rotatable bonds is 1. The molecule has 1 heterocycles. The second-order valence-electron chi connectivity index (χ2n) is 3.21. The number of halogens is 1. The van der Waals surface area contributed by atoms with E-state index in [1.54, 1.807) is 0 Å². The zero-order chi connectivity index (χ0) is 11.0. The molecule has 0 radical (unpaired) electrons. The third kappa shape index (κ3) is 1.52. The average molecular weight is 208 g/mol. The molecule has 1 aromatic heterocycles. The molecule has 0 amide bonds. The fraction of sp³-hybridized carbons (Fsp3) is 0.100. The zero-order valence-corrected chi connectivity index (χ0v) is 7.99. The fourth-order valence-electron chi connectivity index (χ4n) is 1.41. The first-order valence-electron chi connectivity index (χ1n) is 4.33. The van der Waals surface area contributed by atoms with Gasteiger partial charge in [-0.1, -0.05) is 12.1 Å². The molecule has 0 aliphatic rings. The van der Waals surface area contributed by atoms with Crippen LogP contribution in [0.5, 0.6) is 5.88 Å². The van der Waals surface area contributed by atoms with E-state index in [4.69, 9.17) is 0 Å². The van der Waals surface area contributed by atoms with Crippen molar-refractivity contribution in [3.8, 4) is 17.0 Å². The number of benzene rings is 1. The highest BCUT2D eigenvalue weighted by atomic mass is 19.1.